The van der Waals surface area contributed by atoms with Crippen LogP contribution in [-0.2, 0) is 6.42 Å². The van der Waals surface area contributed by atoms with E-state index in [1.54, 1.807) is 11.3 Å². The summed E-state index contributed by atoms with van der Waals surface area (Å²) in [7, 11) is 0. The van der Waals surface area contributed by atoms with Gasteiger partial charge in [0.2, 0.25) is 0 Å². The van der Waals surface area contributed by atoms with E-state index in [4.69, 9.17) is 16.3 Å². The Morgan fingerprint density at radius 1 is 1.33 bits per heavy atom. The van der Waals surface area contributed by atoms with Crippen LogP contribution in [0.4, 0.5) is 0 Å². The van der Waals surface area contributed by atoms with Gasteiger partial charge in [0.15, 0.2) is 0 Å². The van der Waals surface area contributed by atoms with E-state index < -0.39 is 0 Å². The quantitative estimate of drug-likeness (QED) is 0.718. The van der Waals surface area contributed by atoms with Crippen molar-refractivity contribution in [1.29, 1.82) is 0 Å². The summed E-state index contributed by atoms with van der Waals surface area (Å²) in [5.74, 6) is 0.999. The van der Waals surface area contributed by atoms with E-state index in [1.807, 2.05) is 12.1 Å². The normalized spacial score (nSPS) is 18.2. The minimum absolute atomic E-state index is 0.0565. The minimum Gasteiger partial charge on any atom is -0.487 e. The number of ether oxygens (including phenoxy) is 1. The lowest BCUT2D eigenvalue weighted by Gasteiger charge is -2.16. The molecule has 1 nitrogen and oxygen atoms in total. The van der Waals surface area contributed by atoms with Gasteiger partial charge in [-0.05, 0) is 42.5 Å². The van der Waals surface area contributed by atoms with Gasteiger partial charge in [0, 0.05) is 11.3 Å². The Morgan fingerprint density at radius 3 is 2.89 bits per heavy atom. The van der Waals surface area contributed by atoms with E-state index in [0.29, 0.717) is 0 Å². The Hall–Kier alpha value is -0.990. The van der Waals surface area contributed by atoms with E-state index in [2.05, 4.69) is 37.4 Å². The summed E-state index contributed by atoms with van der Waals surface area (Å²) in [5.41, 5.74) is 2.32. The number of halogens is 1. The zero-order valence-corrected chi connectivity index (χ0v) is 12.0. The van der Waals surface area contributed by atoms with Crippen molar-refractivity contribution in [3.05, 3.63) is 51.7 Å². The maximum atomic E-state index is 6.52. The molecule has 0 saturated heterocycles. The van der Waals surface area contributed by atoms with Crippen LogP contribution in [0.3, 0.4) is 0 Å². The number of benzene rings is 1. The molecule has 1 aliphatic rings. The topological polar surface area (TPSA) is 9.23 Å². The molecule has 3 rings (SSSR count). The van der Waals surface area contributed by atoms with Crippen molar-refractivity contribution >= 4 is 22.9 Å². The van der Waals surface area contributed by atoms with Crippen molar-refractivity contribution in [2.45, 2.75) is 31.2 Å². The Balaban J connectivity index is 1.93. The summed E-state index contributed by atoms with van der Waals surface area (Å²) in [4.78, 5) is 1.19. The van der Waals surface area contributed by atoms with Crippen molar-refractivity contribution in [3.8, 4) is 5.75 Å². The Bertz CT molecular complexity index is 560. The molecular weight excluding hydrogens is 264 g/mol. The van der Waals surface area contributed by atoms with Crippen LogP contribution < -0.4 is 4.74 Å². The van der Waals surface area contributed by atoms with Crippen LogP contribution in [0.25, 0.3) is 0 Å². The fourth-order valence-electron chi connectivity index (χ4n) is 2.39. The van der Waals surface area contributed by atoms with Crippen LogP contribution in [-0.4, -0.2) is 5.60 Å². The highest BCUT2D eigenvalue weighted by molar-refractivity contribution is 7.10. The molecule has 1 aromatic heterocycles. The van der Waals surface area contributed by atoms with Gasteiger partial charge in [-0.15, -0.1) is 22.9 Å². The van der Waals surface area contributed by atoms with E-state index >= 15 is 0 Å². The lowest BCUT2D eigenvalue weighted by Crippen LogP contribution is -2.24. The number of thiophene rings is 1. The first-order valence-corrected chi connectivity index (χ1v) is 7.36. The third kappa shape index (κ3) is 2.15. The fraction of sp³-hybridized carbons (Fsp3) is 0.333. The summed E-state index contributed by atoms with van der Waals surface area (Å²) in [6, 6.07) is 10.4. The summed E-state index contributed by atoms with van der Waals surface area (Å²) < 4.78 is 5.88. The van der Waals surface area contributed by atoms with Gasteiger partial charge in [-0.25, -0.2) is 0 Å². The van der Waals surface area contributed by atoms with E-state index in [9.17, 15) is 0 Å². The van der Waals surface area contributed by atoms with Gasteiger partial charge in [0.1, 0.15) is 11.4 Å². The maximum Gasteiger partial charge on any atom is 0.123 e. The first kappa shape index (κ1) is 12.1. The minimum atomic E-state index is -0.0916. The third-order valence-corrected chi connectivity index (χ3v) is 4.73. The Morgan fingerprint density at radius 2 is 2.17 bits per heavy atom. The standard InChI is InChI=1S/C15H15ClOS/c1-15(2)9-11-8-10(5-6-12(11)17-15)14(16)13-4-3-7-18-13/h3-8,14H,9H2,1-2H3. The molecule has 1 aromatic carbocycles. The zero-order chi connectivity index (χ0) is 12.8. The lowest BCUT2D eigenvalue weighted by molar-refractivity contribution is 0.138. The largest absolute Gasteiger partial charge is 0.487 e. The van der Waals surface area contributed by atoms with Crippen LogP contribution in [0.5, 0.6) is 5.75 Å². The highest BCUT2D eigenvalue weighted by Gasteiger charge is 2.30. The van der Waals surface area contributed by atoms with Crippen molar-refractivity contribution < 1.29 is 4.74 Å². The Kier molecular flexibility index (Phi) is 2.87. The van der Waals surface area contributed by atoms with Gasteiger partial charge in [0.25, 0.3) is 0 Å². The molecule has 2 aromatic rings. The summed E-state index contributed by atoms with van der Waals surface area (Å²) in [6.07, 6.45) is 0.949. The zero-order valence-electron chi connectivity index (χ0n) is 10.4. The molecule has 3 heteroatoms. The van der Waals surface area contributed by atoms with Crippen LogP contribution in [0.15, 0.2) is 35.7 Å². The smallest absolute Gasteiger partial charge is 0.123 e. The van der Waals surface area contributed by atoms with Crippen molar-refractivity contribution in [2.24, 2.45) is 0 Å². The highest BCUT2D eigenvalue weighted by atomic mass is 35.5. The van der Waals surface area contributed by atoms with Crippen LogP contribution >= 0.6 is 22.9 Å². The number of fused-ring (bicyclic) bond motifs is 1. The molecule has 1 unspecified atom stereocenters. The Labute approximate surface area is 116 Å². The molecule has 0 amide bonds. The van der Waals surface area contributed by atoms with Crippen LogP contribution in [0, 0.1) is 0 Å². The van der Waals surface area contributed by atoms with Gasteiger partial charge in [0.05, 0.1) is 5.38 Å². The average Bonchev–Trinajstić information content (AvgIpc) is 2.91. The second-order valence-electron chi connectivity index (χ2n) is 5.28. The van der Waals surface area contributed by atoms with Gasteiger partial charge < -0.3 is 4.74 Å². The summed E-state index contributed by atoms with van der Waals surface area (Å²) >= 11 is 8.21. The third-order valence-electron chi connectivity index (χ3n) is 3.17. The fourth-order valence-corrected chi connectivity index (χ4v) is 3.48. The van der Waals surface area contributed by atoms with Crippen molar-refractivity contribution in [2.75, 3.05) is 0 Å². The molecule has 0 fully saturated rings. The highest BCUT2D eigenvalue weighted by Crippen LogP contribution is 2.39. The molecule has 1 atom stereocenters. The van der Waals surface area contributed by atoms with Gasteiger partial charge in [-0.2, -0.15) is 0 Å². The lowest BCUT2D eigenvalue weighted by atomic mass is 9.99. The van der Waals surface area contributed by atoms with Crippen LogP contribution in [0.2, 0.25) is 0 Å². The van der Waals surface area contributed by atoms with Crippen LogP contribution in [0.1, 0.15) is 35.2 Å². The molecule has 1 aliphatic heterocycles. The molecule has 0 spiro atoms. The second-order valence-corrected chi connectivity index (χ2v) is 6.70. The van der Waals surface area contributed by atoms with Gasteiger partial charge in [-0.3, -0.25) is 0 Å². The molecule has 0 bridgehead atoms. The molecule has 2 heterocycles. The predicted molar refractivity (Wildman–Crippen MR) is 76.9 cm³/mol. The number of alkyl halides is 1. The first-order chi connectivity index (χ1) is 8.55. The molecular formula is C15H15ClOS. The summed E-state index contributed by atoms with van der Waals surface area (Å²) in [6.45, 7) is 4.23. The molecule has 0 saturated carbocycles. The molecule has 94 valence electrons. The van der Waals surface area contributed by atoms with Gasteiger partial charge in [-0.1, -0.05) is 18.2 Å². The van der Waals surface area contributed by atoms with E-state index in [0.717, 1.165) is 17.7 Å². The molecule has 0 N–H and O–H groups in total. The predicted octanol–water partition coefficient (Wildman–Crippen LogP) is 4.79. The first-order valence-electron chi connectivity index (χ1n) is 6.04. The second kappa shape index (κ2) is 4.29. The van der Waals surface area contributed by atoms with Crippen molar-refractivity contribution in [3.63, 3.8) is 0 Å². The summed E-state index contributed by atoms with van der Waals surface area (Å²) in [5, 5.41) is 2.00. The monoisotopic (exact) mass is 278 g/mol. The molecule has 0 radical (unpaired) electrons. The van der Waals surface area contributed by atoms with E-state index in [1.165, 1.54) is 10.4 Å². The van der Waals surface area contributed by atoms with Gasteiger partial charge >= 0.3 is 0 Å². The molecule has 18 heavy (non-hydrogen) atoms. The number of rotatable bonds is 2. The molecule has 0 aliphatic carbocycles. The van der Waals surface area contributed by atoms with E-state index in [-0.39, 0.29) is 11.0 Å². The maximum absolute atomic E-state index is 6.52. The van der Waals surface area contributed by atoms with Crippen molar-refractivity contribution in [1.82, 2.24) is 0 Å². The number of hydrogen-bond acceptors (Lipinski definition) is 2. The number of hydrogen-bond donors (Lipinski definition) is 0. The SMILES string of the molecule is CC1(C)Cc2cc(C(Cl)c3cccs3)ccc2O1. The average molecular weight is 279 g/mol.